The first-order valence-corrected chi connectivity index (χ1v) is 13.6. The van der Waals surface area contributed by atoms with Crippen LogP contribution in [0.5, 0.6) is 0 Å². The van der Waals surface area contributed by atoms with Crippen LogP contribution in [0.3, 0.4) is 0 Å². The third-order valence-corrected chi connectivity index (χ3v) is 6.93. The smallest absolute Gasteiger partial charge is 0.316 e. The first-order valence-electron chi connectivity index (χ1n) is 13.2. The number of urea groups is 1. The molecule has 2 aliphatic rings. The number of hydrazine groups is 1. The third-order valence-electron chi connectivity index (χ3n) is 6.61. The molecule has 39 heavy (non-hydrogen) atoms. The summed E-state index contributed by atoms with van der Waals surface area (Å²) in [5, 5.41) is 17.6. The molecule has 1 aromatic carbocycles. The zero-order valence-corrected chi connectivity index (χ0v) is 23.7. The molecule has 12 heteroatoms. The summed E-state index contributed by atoms with van der Waals surface area (Å²) in [5.41, 5.74) is 16.9. The Bertz CT molecular complexity index is 1150. The molecule has 1 unspecified atom stereocenters. The van der Waals surface area contributed by atoms with Gasteiger partial charge in [-0.1, -0.05) is 17.7 Å². The number of nitrogens with zero attached hydrogens (tertiary/aromatic N) is 3. The van der Waals surface area contributed by atoms with E-state index >= 15 is 0 Å². The number of hydrogen-bond donors (Lipinski definition) is 6. The van der Waals surface area contributed by atoms with Crippen LogP contribution in [0.2, 0.25) is 5.02 Å². The normalized spacial score (nSPS) is 23.3. The van der Waals surface area contributed by atoms with Crippen molar-refractivity contribution in [1.29, 1.82) is 0 Å². The van der Waals surface area contributed by atoms with Crippen LogP contribution in [0.15, 0.2) is 51.7 Å². The highest BCUT2D eigenvalue weighted by atomic mass is 35.5. The molecule has 1 aromatic rings. The zero-order chi connectivity index (χ0) is 28.7. The van der Waals surface area contributed by atoms with E-state index in [0.29, 0.717) is 29.9 Å². The number of aliphatic hydroxyl groups is 1. The summed E-state index contributed by atoms with van der Waals surface area (Å²) >= 11 is 6.23. The van der Waals surface area contributed by atoms with E-state index in [1.165, 1.54) is 18.2 Å². The van der Waals surface area contributed by atoms with Crippen LogP contribution in [0.4, 0.5) is 14.9 Å². The maximum absolute atomic E-state index is 13.9. The number of nitrogens with one attached hydrogen (secondary N) is 3. The van der Waals surface area contributed by atoms with E-state index in [4.69, 9.17) is 28.1 Å². The number of amides is 2. The van der Waals surface area contributed by atoms with Gasteiger partial charge in [-0.05, 0) is 71.9 Å². The molecule has 0 saturated heterocycles. The lowest BCUT2D eigenvalue weighted by molar-refractivity contribution is 0.0718. The largest absolute Gasteiger partial charge is 0.390 e. The van der Waals surface area contributed by atoms with Crippen molar-refractivity contribution >= 4 is 34.9 Å². The second kappa shape index (κ2) is 13.3. The fourth-order valence-corrected chi connectivity index (χ4v) is 4.57. The van der Waals surface area contributed by atoms with Gasteiger partial charge in [-0.25, -0.2) is 14.2 Å². The van der Waals surface area contributed by atoms with Gasteiger partial charge in [-0.2, -0.15) is 0 Å². The summed E-state index contributed by atoms with van der Waals surface area (Å²) in [6.07, 6.45) is 6.89. The van der Waals surface area contributed by atoms with Crippen molar-refractivity contribution in [2.24, 2.45) is 21.5 Å². The zero-order valence-electron chi connectivity index (χ0n) is 23.0. The minimum atomic E-state index is -0.877. The number of halogens is 2. The Hall–Kier alpha value is -3.15. The Labute approximate surface area is 234 Å². The number of allylic oxidation sites excluding steroid dienone is 2. The molecule has 1 fully saturated rings. The van der Waals surface area contributed by atoms with Gasteiger partial charge in [0.25, 0.3) is 0 Å². The van der Waals surface area contributed by atoms with Crippen molar-refractivity contribution in [2.75, 3.05) is 6.54 Å². The number of rotatable bonds is 8. The van der Waals surface area contributed by atoms with Gasteiger partial charge in [0.05, 0.1) is 39.3 Å². The molecular formula is C27H40ClFN8O2. The van der Waals surface area contributed by atoms with Crippen LogP contribution in [0.25, 0.3) is 0 Å². The minimum absolute atomic E-state index is 0.0389. The number of carbonyl (C=O) groups is 1. The van der Waals surface area contributed by atoms with E-state index < -0.39 is 17.6 Å². The van der Waals surface area contributed by atoms with E-state index in [0.717, 1.165) is 25.7 Å². The van der Waals surface area contributed by atoms with E-state index in [1.807, 2.05) is 19.9 Å². The van der Waals surface area contributed by atoms with Crippen LogP contribution in [-0.2, 0) is 0 Å². The van der Waals surface area contributed by atoms with Crippen LogP contribution >= 0.6 is 11.6 Å². The summed E-state index contributed by atoms with van der Waals surface area (Å²) in [4.78, 5) is 22.0. The van der Waals surface area contributed by atoms with Gasteiger partial charge < -0.3 is 32.6 Å². The van der Waals surface area contributed by atoms with Gasteiger partial charge in [0.15, 0.2) is 0 Å². The van der Waals surface area contributed by atoms with Crippen LogP contribution in [-0.4, -0.2) is 58.1 Å². The number of aliphatic imine (C=N–C) groups is 2. The van der Waals surface area contributed by atoms with E-state index in [1.54, 1.807) is 25.1 Å². The Kier molecular flexibility index (Phi) is 10.3. The van der Waals surface area contributed by atoms with Crippen LogP contribution in [0, 0.1) is 5.82 Å². The summed E-state index contributed by atoms with van der Waals surface area (Å²) in [6.45, 7) is 7.39. The van der Waals surface area contributed by atoms with Gasteiger partial charge in [-0.3, -0.25) is 10.0 Å². The van der Waals surface area contributed by atoms with Gasteiger partial charge >= 0.3 is 6.03 Å². The highest BCUT2D eigenvalue weighted by molar-refractivity contribution is 6.34. The Balaban J connectivity index is 1.89. The molecule has 2 amide bonds. The Morgan fingerprint density at radius 2 is 2.05 bits per heavy atom. The summed E-state index contributed by atoms with van der Waals surface area (Å²) < 4.78 is 13.9. The van der Waals surface area contributed by atoms with Crippen molar-refractivity contribution in [2.45, 2.75) is 83.6 Å². The molecular weight excluding hydrogens is 523 g/mol. The van der Waals surface area contributed by atoms with Crippen molar-refractivity contribution < 1.29 is 14.3 Å². The Morgan fingerprint density at radius 1 is 1.36 bits per heavy atom. The summed E-state index contributed by atoms with van der Waals surface area (Å²) in [6, 6.07) is 3.73. The summed E-state index contributed by atoms with van der Waals surface area (Å²) in [7, 11) is 0. The van der Waals surface area contributed by atoms with Crippen molar-refractivity contribution in [3.05, 3.63) is 52.6 Å². The molecule has 0 bridgehead atoms. The van der Waals surface area contributed by atoms with Gasteiger partial charge in [0.1, 0.15) is 17.8 Å². The second-order valence-electron chi connectivity index (χ2n) is 10.5. The fourth-order valence-electron chi connectivity index (χ4n) is 4.41. The van der Waals surface area contributed by atoms with E-state index in [9.17, 15) is 14.3 Å². The average Bonchev–Trinajstić information content (AvgIpc) is 2.86. The number of amidine groups is 1. The molecule has 1 atom stereocenters. The standard InChI is InChI=1S/C27H40ClFN8O2/c1-5-23-24(35-19-9-7-18(30)8-10-19)20(25(31)36-22-14-17(29)6-11-21(22)28)15-33-37(23)16(2)34-26(38)32-13-12-27(3,4)39/h5-6,11,14-16,18-19,33,39H,7-10,12-13,30H2,1-4H3,(H2,31,36)(H2,32,34,38)/b23-5-,35-24?. The van der Waals surface area contributed by atoms with Crippen LogP contribution in [0.1, 0.15) is 59.8 Å². The van der Waals surface area contributed by atoms with Gasteiger partial charge in [0, 0.05) is 24.9 Å². The highest BCUT2D eigenvalue weighted by Crippen LogP contribution is 2.28. The predicted molar refractivity (Wildman–Crippen MR) is 154 cm³/mol. The molecule has 0 radical (unpaired) electrons. The molecule has 3 rings (SSSR count). The topological polar surface area (TPSA) is 153 Å². The quantitative estimate of drug-likeness (QED) is 0.210. The van der Waals surface area contributed by atoms with Gasteiger partial charge in [0.2, 0.25) is 0 Å². The Morgan fingerprint density at radius 3 is 2.69 bits per heavy atom. The van der Waals surface area contributed by atoms with Crippen LogP contribution < -0.4 is 27.5 Å². The molecule has 10 nitrogen and oxygen atoms in total. The molecule has 1 heterocycles. The number of nitrogens with two attached hydrogens (primary N) is 2. The lowest BCUT2D eigenvalue weighted by Gasteiger charge is -2.38. The first-order chi connectivity index (χ1) is 18.4. The van der Waals surface area contributed by atoms with Crippen molar-refractivity contribution in [3.63, 3.8) is 0 Å². The number of carbonyl (C=O) groups excluding carboxylic acids is 1. The maximum Gasteiger partial charge on any atom is 0.316 e. The van der Waals surface area contributed by atoms with Crippen molar-refractivity contribution in [1.82, 2.24) is 21.1 Å². The highest BCUT2D eigenvalue weighted by Gasteiger charge is 2.30. The summed E-state index contributed by atoms with van der Waals surface area (Å²) in [5.74, 6) is -0.361. The monoisotopic (exact) mass is 562 g/mol. The fraction of sp³-hybridized carbons (Fsp3) is 0.519. The number of hydrogen-bond acceptors (Lipinski definition) is 7. The molecule has 0 aromatic heterocycles. The average molecular weight is 563 g/mol. The molecule has 214 valence electrons. The number of benzene rings is 1. The predicted octanol–water partition coefficient (Wildman–Crippen LogP) is 3.59. The maximum atomic E-state index is 13.9. The van der Waals surface area contributed by atoms with E-state index in [2.05, 4.69) is 21.1 Å². The van der Waals surface area contributed by atoms with Crippen molar-refractivity contribution in [3.8, 4) is 0 Å². The first kappa shape index (κ1) is 30.4. The second-order valence-corrected chi connectivity index (χ2v) is 10.9. The molecule has 8 N–H and O–H groups in total. The molecule has 1 saturated carbocycles. The third kappa shape index (κ3) is 8.67. The minimum Gasteiger partial charge on any atom is -0.390 e. The van der Waals surface area contributed by atoms with E-state index in [-0.39, 0.29) is 34.7 Å². The lowest BCUT2D eigenvalue weighted by atomic mass is 9.91. The lowest BCUT2D eigenvalue weighted by Crippen LogP contribution is -2.56. The molecule has 1 aliphatic carbocycles. The van der Waals surface area contributed by atoms with Gasteiger partial charge in [-0.15, -0.1) is 0 Å². The SMILES string of the molecule is C/C=C1/C(=NC2CCC(N)CC2)C(C(N)=Nc2cc(F)ccc2Cl)=CNN1C(C)NC(=O)NCCC(C)(C)O. The molecule has 1 aliphatic heterocycles. The molecule has 0 spiro atoms.